The molecule has 0 aliphatic carbocycles. The molecule has 1 aromatic carbocycles. The van der Waals surface area contributed by atoms with Gasteiger partial charge in [-0.3, -0.25) is 4.79 Å². The number of nitrogens with one attached hydrogen (secondary N) is 1. The minimum Gasteiger partial charge on any atom is -0.489 e. The van der Waals surface area contributed by atoms with Gasteiger partial charge < -0.3 is 19.2 Å². The fraction of sp³-hybridized carbons (Fsp3) is 0.630. The lowest BCUT2D eigenvalue weighted by Gasteiger charge is -2.39. The highest BCUT2D eigenvalue weighted by molar-refractivity contribution is 14.1. The van der Waals surface area contributed by atoms with Crippen LogP contribution in [0.1, 0.15) is 72.7 Å². The van der Waals surface area contributed by atoms with E-state index in [1.54, 1.807) is 13.0 Å². The van der Waals surface area contributed by atoms with E-state index < -0.39 is 20.1 Å². The SMILES string of the molecule is CCOC(=O)C(=CN[C@H](CO[Si](C)(C)C(C)(C)C)C(C)(C)C)C(=O)c1cc(I)c(OC(C)C)c(I)c1Cl. The minimum absolute atomic E-state index is 0.0540. The molecular weight excluding hydrogens is 736 g/mol. The van der Waals surface area contributed by atoms with Gasteiger partial charge in [-0.2, -0.15) is 0 Å². The van der Waals surface area contributed by atoms with E-state index in [2.05, 4.69) is 105 Å². The first-order chi connectivity index (χ1) is 16.7. The van der Waals surface area contributed by atoms with Gasteiger partial charge in [0.1, 0.15) is 11.3 Å². The number of hydrogen-bond donors (Lipinski definition) is 1. The molecule has 1 N–H and O–H groups in total. The Bertz CT molecular complexity index is 1010. The Labute approximate surface area is 256 Å². The predicted molar refractivity (Wildman–Crippen MR) is 171 cm³/mol. The largest absolute Gasteiger partial charge is 0.489 e. The molecule has 0 spiro atoms. The quantitative estimate of drug-likeness (QED) is 0.0359. The molecular formula is C27H42ClI2NO5Si. The first-order valence-electron chi connectivity index (χ1n) is 12.4. The first-order valence-corrected chi connectivity index (χ1v) is 17.8. The summed E-state index contributed by atoms with van der Waals surface area (Å²) in [6.07, 6.45) is 1.40. The topological polar surface area (TPSA) is 73.9 Å². The van der Waals surface area contributed by atoms with Crippen LogP contribution in [0.15, 0.2) is 17.8 Å². The van der Waals surface area contributed by atoms with Crippen LogP contribution in [0.4, 0.5) is 0 Å². The fourth-order valence-electron chi connectivity index (χ4n) is 2.90. The second kappa shape index (κ2) is 13.8. The van der Waals surface area contributed by atoms with Crippen molar-refractivity contribution in [2.24, 2.45) is 5.41 Å². The number of ketones is 1. The van der Waals surface area contributed by atoms with Crippen LogP contribution in [0.25, 0.3) is 0 Å². The fourth-order valence-corrected chi connectivity index (χ4v) is 6.07. The third-order valence-corrected chi connectivity index (χ3v) is 13.4. The minimum atomic E-state index is -2.00. The highest BCUT2D eigenvalue weighted by Gasteiger charge is 2.39. The van der Waals surface area contributed by atoms with E-state index in [0.29, 0.717) is 15.9 Å². The van der Waals surface area contributed by atoms with Crippen molar-refractivity contribution in [3.63, 3.8) is 0 Å². The Hall–Kier alpha value is -0.373. The third-order valence-electron chi connectivity index (χ3n) is 6.35. The van der Waals surface area contributed by atoms with Gasteiger partial charge in [0.2, 0.25) is 5.78 Å². The van der Waals surface area contributed by atoms with Gasteiger partial charge in [-0.05, 0) is 95.6 Å². The number of carbonyl (C=O) groups excluding carboxylic acids is 2. The summed E-state index contributed by atoms with van der Waals surface area (Å²) in [5.74, 6) is -0.601. The van der Waals surface area contributed by atoms with Crippen molar-refractivity contribution in [1.29, 1.82) is 0 Å². The van der Waals surface area contributed by atoms with Crippen LogP contribution < -0.4 is 10.1 Å². The van der Waals surface area contributed by atoms with Crippen LogP contribution in [0.2, 0.25) is 23.2 Å². The summed E-state index contributed by atoms with van der Waals surface area (Å²) in [5, 5.41) is 3.61. The molecule has 0 unspecified atom stereocenters. The molecule has 1 rings (SSSR count). The molecule has 0 bridgehead atoms. The first kappa shape index (κ1) is 34.7. The predicted octanol–water partition coefficient (Wildman–Crippen LogP) is 7.99. The molecule has 0 radical (unpaired) electrons. The Balaban J connectivity index is 3.45. The summed E-state index contributed by atoms with van der Waals surface area (Å²) in [5.41, 5.74) is -0.105. The summed E-state index contributed by atoms with van der Waals surface area (Å²) in [4.78, 5) is 26.6. The zero-order chi connectivity index (χ0) is 28.9. The lowest BCUT2D eigenvalue weighted by Crippen LogP contribution is -2.48. The Morgan fingerprint density at radius 3 is 2.16 bits per heavy atom. The van der Waals surface area contributed by atoms with E-state index in [0.717, 1.165) is 3.57 Å². The van der Waals surface area contributed by atoms with Gasteiger partial charge >= 0.3 is 5.97 Å². The van der Waals surface area contributed by atoms with E-state index in [1.807, 2.05) is 13.8 Å². The number of carbonyl (C=O) groups is 2. The highest BCUT2D eigenvalue weighted by Crippen LogP contribution is 2.38. The number of benzene rings is 1. The van der Waals surface area contributed by atoms with Crippen LogP contribution in [-0.2, 0) is 14.0 Å². The van der Waals surface area contributed by atoms with Crippen LogP contribution in [-0.4, -0.2) is 45.4 Å². The lowest BCUT2D eigenvalue weighted by molar-refractivity contribution is -0.138. The van der Waals surface area contributed by atoms with Crippen molar-refractivity contribution in [2.75, 3.05) is 13.2 Å². The van der Waals surface area contributed by atoms with Crippen molar-refractivity contribution in [1.82, 2.24) is 5.32 Å². The summed E-state index contributed by atoms with van der Waals surface area (Å²) >= 11 is 10.8. The van der Waals surface area contributed by atoms with Crippen molar-refractivity contribution < 1.29 is 23.5 Å². The van der Waals surface area contributed by atoms with Crippen molar-refractivity contribution in [3.05, 3.63) is 35.6 Å². The van der Waals surface area contributed by atoms with Gasteiger partial charge in [0.15, 0.2) is 8.32 Å². The highest BCUT2D eigenvalue weighted by atomic mass is 127. The van der Waals surface area contributed by atoms with E-state index in [4.69, 9.17) is 25.5 Å². The van der Waals surface area contributed by atoms with E-state index >= 15 is 0 Å². The molecule has 1 aromatic rings. The van der Waals surface area contributed by atoms with Gasteiger partial charge in [0, 0.05) is 11.8 Å². The van der Waals surface area contributed by atoms with E-state index in [1.165, 1.54) is 6.20 Å². The molecule has 0 amide bonds. The number of rotatable bonds is 11. The second-order valence-corrected chi connectivity index (χ2v) is 19.2. The third kappa shape index (κ3) is 9.65. The Morgan fingerprint density at radius 1 is 1.14 bits per heavy atom. The standard InChI is InChI=1S/C27H42ClI2NO5Si/c1-12-34-25(33)18(14-31-20(26(4,5)6)15-35-37(10,11)27(7,8)9)23(32)17-13-19(29)24(36-16(2)3)22(30)21(17)28/h13-14,16,20,31H,12,15H2,1-11H3/t20-/m1/s1. The summed E-state index contributed by atoms with van der Waals surface area (Å²) in [7, 11) is -2.00. The molecule has 10 heteroatoms. The summed E-state index contributed by atoms with van der Waals surface area (Å²) < 4.78 is 19.0. The number of Topliss-reactive ketones (excluding diaryl/α,β-unsaturated/α-hetero) is 1. The van der Waals surface area contributed by atoms with E-state index in [9.17, 15) is 9.59 Å². The van der Waals surface area contributed by atoms with Crippen molar-refractivity contribution >= 4 is 76.9 Å². The summed E-state index contributed by atoms with van der Waals surface area (Å²) in [6.45, 7) is 23.4. The van der Waals surface area contributed by atoms with Crippen LogP contribution in [0.3, 0.4) is 0 Å². The number of ether oxygens (including phenoxy) is 2. The van der Waals surface area contributed by atoms with Crippen molar-refractivity contribution in [2.45, 2.75) is 92.6 Å². The molecule has 0 aliphatic rings. The van der Waals surface area contributed by atoms with Gasteiger partial charge in [-0.25, -0.2) is 4.79 Å². The average molecular weight is 778 g/mol. The molecule has 37 heavy (non-hydrogen) atoms. The van der Waals surface area contributed by atoms with Gasteiger partial charge in [0.05, 0.1) is 37.5 Å². The molecule has 6 nitrogen and oxygen atoms in total. The number of esters is 1. The molecule has 1 atom stereocenters. The number of hydrogen-bond acceptors (Lipinski definition) is 6. The van der Waals surface area contributed by atoms with Gasteiger partial charge in [0.25, 0.3) is 0 Å². The molecule has 0 heterocycles. The molecule has 0 aliphatic heterocycles. The Kier molecular flexibility index (Phi) is 12.9. The maximum atomic E-state index is 13.7. The summed E-state index contributed by atoms with van der Waals surface area (Å²) in [6, 6.07) is 1.50. The maximum Gasteiger partial charge on any atom is 0.343 e. The van der Waals surface area contributed by atoms with Crippen LogP contribution in [0, 0.1) is 12.6 Å². The Morgan fingerprint density at radius 2 is 1.70 bits per heavy atom. The van der Waals surface area contributed by atoms with Crippen LogP contribution in [0.5, 0.6) is 5.75 Å². The molecule has 210 valence electrons. The average Bonchev–Trinajstić information content (AvgIpc) is 2.74. The molecule has 0 aromatic heterocycles. The van der Waals surface area contributed by atoms with Crippen LogP contribution >= 0.6 is 56.8 Å². The van der Waals surface area contributed by atoms with Gasteiger partial charge in [-0.15, -0.1) is 0 Å². The second-order valence-electron chi connectivity index (χ2n) is 11.8. The zero-order valence-corrected chi connectivity index (χ0v) is 30.0. The normalized spacial score (nSPS) is 14.0. The zero-order valence-electron chi connectivity index (χ0n) is 23.9. The molecule has 0 saturated heterocycles. The molecule has 0 saturated carbocycles. The van der Waals surface area contributed by atoms with Crippen molar-refractivity contribution in [3.8, 4) is 5.75 Å². The molecule has 0 fully saturated rings. The van der Waals surface area contributed by atoms with Gasteiger partial charge in [-0.1, -0.05) is 53.1 Å². The van der Waals surface area contributed by atoms with E-state index in [-0.39, 0.29) is 45.4 Å². The smallest absolute Gasteiger partial charge is 0.343 e. The lowest BCUT2D eigenvalue weighted by atomic mass is 9.87. The number of halogens is 3. The maximum absolute atomic E-state index is 13.7. The monoisotopic (exact) mass is 777 g/mol.